The summed E-state index contributed by atoms with van der Waals surface area (Å²) in [4.78, 5) is 2.49. The normalized spacial score (nSPS) is 15.3. The Morgan fingerprint density at radius 2 is 0.488 bits per heavy atom. The zero-order valence-corrected chi connectivity index (χ0v) is 51.1. The SMILES string of the molecule is Cc1ccc(N(c2ccc(C)c(C)c2)c2cc(-c3ccc4c(c3)C(C)(C)c3cc(-c5ccc6c(c5)C(C)(C)c5ccccc5-6)ccc3-4)c(C)c(-c3ccc4c(c3)C(C)(C)c3cc(-c5ccc6c(c5)C(C)(C)c5ccccc5-6)ccc3-4)c2)cc1C. The van der Waals surface area contributed by atoms with Crippen molar-refractivity contribution in [2.75, 3.05) is 4.90 Å². The molecule has 84 heavy (non-hydrogen) atoms. The van der Waals surface area contributed by atoms with Crippen molar-refractivity contribution in [1.29, 1.82) is 0 Å². The second-order valence-electron chi connectivity index (χ2n) is 27.2. The molecular formula is C83H73N. The van der Waals surface area contributed by atoms with E-state index in [1.807, 2.05) is 0 Å². The van der Waals surface area contributed by atoms with Crippen molar-refractivity contribution in [3.05, 3.63) is 279 Å². The first-order chi connectivity index (χ1) is 40.2. The Balaban J connectivity index is 0.848. The Hall–Kier alpha value is -8.78. The van der Waals surface area contributed by atoms with E-state index in [1.54, 1.807) is 0 Å². The van der Waals surface area contributed by atoms with E-state index < -0.39 is 0 Å². The maximum Gasteiger partial charge on any atom is 0.0474 e. The molecule has 1 heteroatoms. The zero-order chi connectivity index (χ0) is 58.1. The molecule has 0 atom stereocenters. The highest BCUT2D eigenvalue weighted by atomic mass is 15.1. The lowest BCUT2D eigenvalue weighted by atomic mass is 9.79. The van der Waals surface area contributed by atoms with Crippen molar-refractivity contribution in [3.8, 4) is 89.0 Å². The number of hydrogen-bond donors (Lipinski definition) is 0. The van der Waals surface area contributed by atoms with Gasteiger partial charge < -0.3 is 4.90 Å². The van der Waals surface area contributed by atoms with Crippen LogP contribution in [0, 0.1) is 34.6 Å². The van der Waals surface area contributed by atoms with Crippen molar-refractivity contribution in [1.82, 2.24) is 0 Å². The van der Waals surface area contributed by atoms with E-state index in [4.69, 9.17) is 0 Å². The third-order valence-electron chi connectivity index (χ3n) is 21.0. The van der Waals surface area contributed by atoms with E-state index in [9.17, 15) is 0 Å². The average molecular weight is 1080 g/mol. The molecule has 0 bridgehead atoms. The number of anilines is 3. The van der Waals surface area contributed by atoms with Crippen molar-refractivity contribution in [3.63, 3.8) is 0 Å². The number of nitrogens with zero attached hydrogens (tertiary/aromatic N) is 1. The van der Waals surface area contributed by atoms with Crippen LogP contribution >= 0.6 is 0 Å². The smallest absolute Gasteiger partial charge is 0.0474 e. The maximum absolute atomic E-state index is 2.53. The summed E-state index contributed by atoms with van der Waals surface area (Å²) in [6, 6.07) is 80.2. The summed E-state index contributed by atoms with van der Waals surface area (Å²) in [5.41, 5.74) is 41.2. The topological polar surface area (TPSA) is 3.24 Å². The van der Waals surface area contributed by atoms with Crippen LogP contribution in [0.15, 0.2) is 206 Å². The van der Waals surface area contributed by atoms with Gasteiger partial charge in [-0.25, -0.2) is 0 Å². The molecule has 0 aromatic heterocycles. The molecule has 1 nitrogen and oxygen atoms in total. The van der Waals surface area contributed by atoms with E-state index >= 15 is 0 Å². The van der Waals surface area contributed by atoms with Crippen molar-refractivity contribution < 1.29 is 0 Å². The van der Waals surface area contributed by atoms with Crippen LogP contribution in [-0.2, 0) is 21.7 Å². The van der Waals surface area contributed by atoms with Gasteiger partial charge >= 0.3 is 0 Å². The quantitative estimate of drug-likeness (QED) is 0.154. The highest BCUT2D eigenvalue weighted by Crippen LogP contribution is 2.56. The Labute approximate surface area is 498 Å². The van der Waals surface area contributed by atoms with Crippen molar-refractivity contribution in [2.45, 2.75) is 112 Å². The predicted molar refractivity (Wildman–Crippen MR) is 357 cm³/mol. The fourth-order valence-corrected chi connectivity index (χ4v) is 15.5. The van der Waals surface area contributed by atoms with Gasteiger partial charge in [0.05, 0.1) is 0 Å². The summed E-state index contributed by atoms with van der Waals surface area (Å²) >= 11 is 0. The number of hydrogen-bond acceptors (Lipinski definition) is 1. The summed E-state index contributed by atoms with van der Waals surface area (Å²) in [7, 11) is 0. The summed E-state index contributed by atoms with van der Waals surface area (Å²) in [6.45, 7) is 30.5. The van der Waals surface area contributed by atoms with Gasteiger partial charge in [-0.2, -0.15) is 0 Å². The molecule has 0 heterocycles. The van der Waals surface area contributed by atoms with Crippen LogP contribution < -0.4 is 4.90 Å². The second-order valence-corrected chi connectivity index (χ2v) is 27.2. The lowest BCUT2D eigenvalue weighted by molar-refractivity contribution is 0.659. The van der Waals surface area contributed by atoms with E-state index in [0.29, 0.717) is 0 Å². The van der Waals surface area contributed by atoms with Gasteiger partial charge in [-0.1, -0.05) is 189 Å². The van der Waals surface area contributed by atoms with Gasteiger partial charge in [0.15, 0.2) is 0 Å². The van der Waals surface area contributed by atoms with Crippen LogP contribution in [0.25, 0.3) is 89.0 Å². The number of aryl methyl sites for hydroxylation is 4. The molecule has 410 valence electrons. The minimum Gasteiger partial charge on any atom is -0.310 e. The summed E-state index contributed by atoms with van der Waals surface area (Å²) < 4.78 is 0. The van der Waals surface area contributed by atoms with E-state index in [-0.39, 0.29) is 21.7 Å². The molecule has 0 N–H and O–H groups in total. The molecule has 0 saturated carbocycles. The first-order valence-corrected chi connectivity index (χ1v) is 30.4. The Bertz CT molecular complexity index is 4370. The lowest BCUT2D eigenvalue weighted by Gasteiger charge is -2.29. The number of rotatable bonds is 7. The van der Waals surface area contributed by atoms with Gasteiger partial charge in [-0.3, -0.25) is 0 Å². The van der Waals surface area contributed by atoms with Crippen LogP contribution in [-0.4, -0.2) is 0 Å². The molecular weight excluding hydrogens is 1010 g/mol. The molecule has 0 spiro atoms. The fraction of sp³-hybridized carbons (Fsp3) is 0.205. The molecule has 11 aromatic rings. The number of benzene rings is 11. The first kappa shape index (κ1) is 52.1. The largest absolute Gasteiger partial charge is 0.310 e. The summed E-state index contributed by atoms with van der Waals surface area (Å²) in [5, 5.41) is 0. The van der Waals surface area contributed by atoms with Crippen LogP contribution in [0.4, 0.5) is 17.1 Å². The molecule has 11 aromatic carbocycles. The van der Waals surface area contributed by atoms with Gasteiger partial charge in [0, 0.05) is 38.7 Å². The lowest BCUT2D eigenvalue weighted by Crippen LogP contribution is -2.16. The van der Waals surface area contributed by atoms with Crippen LogP contribution in [0.1, 0.15) is 128 Å². The zero-order valence-electron chi connectivity index (χ0n) is 51.1. The van der Waals surface area contributed by atoms with Gasteiger partial charge in [0.1, 0.15) is 0 Å². The summed E-state index contributed by atoms with van der Waals surface area (Å²) in [5.74, 6) is 0. The van der Waals surface area contributed by atoms with E-state index in [2.05, 4.69) is 301 Å². The van der Waals surface area contributed by atoms with Gasteiger partial charge in [0.2, 0.25) is 0 Å². The molecule has 0 unspecified atom stereocenters. The van der Waals surface area contributed by atoms with Gasteiger partial charge in [-0.15, -0.1) is 0 Å². The van der Waals surface area contributed by atoms with Crippen LogP contribution in [0.3, 0.4) is 0 Å². The predicted octanol–water partition coefficient (Wildman–Crippen LogP) is 22.6. The van der Waals surface area contributed by atoms with Gasteiger partial charge in [0.25, 0.3) is 0 Å². The minimum atomic E-state index is -0.231. The second kappa shape index (κ2) is 18.1. The van der Waals surface area contributed by atoms with E-state index in [1.165, 1.54) is 161 Å². The highest BCUT2D eigenvalue weighted by Gasteiger charge is 2.40. The van der Waals surface area contributed by atoms with Crippen LogP contribution in [0.5, 0.6) is 0 Å². The van der Waals surface area contributed by atoms with Crippen molar-refractivity contribution >= 4 is 17.1 Å². The van der Waals surface area contributed by atoms with Crippen LogP contribution in [0.2, 0.25) is 0 Å². The molecule has 4 aliphatic rings. The average Bonchev–Trinajstić information content (AvgIpc) is 1.92. The fourth-order valence-electron chi connectivity index (χ4n) is 15.5. The molecule has 15 rings (SSSR count). The Morgan fingerprint density at radius 1 is 0.214 bits per heavy atom. The third-order valence-corrected chi connectivity index (χ3v) is 21.0. The minimum absolute atomic E-state index is 0.0567. The molecule has 0 amide bonds. The summed E-state index contributed by atoms with van der Waals surface area (Å²) in [6.07, 6.45) is 0. The van der Waals surface area contributed by atoms with Crippen molar-refractivity contribution in [2.24, 2.45) is 0 Å². The molecule has 4 aliphatic carbocycles. The molecule has 0 radical (unpaired) electrons. The molecule has 0 saturated heterocycles. The monoisotopic (exact) mass is 1080 g/mol. The van der Waals surface area contributed by atoms with E-state index in [0.717, 1.165) is 17.1 Å². The standard InChI is InChI=1S/C83H73N/c1-48-22-30-59(38-50(48)3)84(60-31-23-49(2)51(4)39-60)61-46-70(57-28-36-68-66-34-26-55(42-76(66)82(10,11)78(68)44-57)53-24-32-64-62-18-14-16-20-72(62)80(6,7)74(64)40-53)52(5)71(47-61)58-29-37-69-67-35-27-56(43-77(67)83(12,13)79(69)45-58)54-25-33-65-63-19-15-17-21-73(63)81(8,9)75(65)41-54/h14-47H,1-13H3. The first-order valence-electron chi connectivity index (χ1n) is 30.4. The number of fused-ring (bicyclic) bond motifs is 12. The highest BCUT2D eigenvalue weighted by molar-refractivity contribution is 5.94. The third kappa shape index (κ3) is 7.53. The Kier molecular flexibility index (Phi) is 11.2. The van der Waals surface area contributed by atoms with Gasteiger partial charge in [-0.05, 0) is 269 Å². The Morgan fingerprint density at radius 3 is 0.810 bits per heavy atom. The molecule has 0 fully saturated rings. The molecule has 0 aliphatic heterocycles. The maximum atomic E-state index is 2.53.